The number of hydrogen-bond donors (Lipinski definition) is 0. The summed E-state index contributed by atoms with van der Waals surface area (Å²) >= 11 is 0. The largest absolute Gasteiger partial charge is 0.494 e. The lowest BCUT2D eigenvalue weighted by molar-refractivity contribution is 0.386. The highest BCUT2D eigenvalue weighted by atomic mass is 19.1. The Morgan fingerprint density at radius 3 is 2.86 bits per heavy atom. The molecule has 0 aliphatic heterocycles. The van der Waals surface area contributed by atoms with E-state index in [1.54, 1.807) is 12.1 Å². The van der Waals surface area contributed by atoms with Gasteiger partial charge in [-0.05, 0) is 18.2 Å². The third-order valence-electron chi connectivity index (χ3n) is 1.88. The van der Waals surface area contributed by atoms with Crippen molar-refractivity contribution in [2.75, 3.05) is 7.11 Å². The molecule has 0 fully saturated rings. The highest BCUT2D eigenvalue weighted by molar-refractivity contribution is 5.58. The number of benzene rings is 1. The molecule has 2 aromatic rings. The van der Waals surface area contributed by atoms with Crippen molar-refractivity contribution in [3.63, 3.8) is 0 Å². The zero-order chi connectivity index (χ0) is 9.97. The van der Waals surface area contributed by atoms with Crippen LogP contribution in [0.5, 0.6) is 5.75 Å². The summed E-state index contributed by atoms with van der Waals surface area (Å²) in [6.07, 6.45) is 2.76. The number of methoxy groups -OCH3 is 1. The van der Waals surface area contributed by atoms with E-state index in [1.807, 2.05) is 0 Å². The Hall–Kier alpha value is -1.84. The summed E-state index contributed by atoms with van der Waals surface area (Å²) in [5.41, 5.74) is 1.27. The molecule has 1 aromatic carbocycles. The molecule has 0 atom stereocenters. The van der Waals surface area contributed by atoms with Crippen molar-refractivity contribution in [2.45, 2.75) is 0 Å². The number of ether oxygens (including phenoxy) is 1. The molecule has 0 saturated carbocycles. The minimum Gasteiger partial charge on any atom is -0.494 e. The molecular formula is C10H8FNO2. The molecule has 0 unspecified atom stereocenters. The molecule has 1 heterocycles. The van der Waals surface area contributed by atoms with Crippen molar-refractivity contribution in [3.05, 3.63) is 36.7 Å². The SMILES string of the molecule is COc1ccc(-c2cocn2)cc1F. The molecule has 0 spiro atoms. The molecule has 14 heavy (non-hydrogen) atoms. The van der Waals surface area contributed by atoms with Gasteiger partial charge in [0.05, 0.1) is 7.11 Å². The minimum absolute atomic E-state index is 0.220. The predicted molar refractivity (Wildman–Crippen MR) is 48.4 cm³/mol. The quantitative estimate of drug-likeness (QED) is 0.734. The summed E-state index contributed by atoms with van der Waals surface area (Å²) in [5.74, 6) is -0.190. The van der Waals surface area contributed by atoms with E-state index in [0.717, 1.165) is 0 Å². The van der Waals surface area contributed by atoms with Gasteiger partial charge in [-0.25, -0.2) is 9.37 Å². The van der Waals surface area contributed by atoms with Gasteiger partial charge in [0.2, 0.25) is 0 Å². The zero-order valence-corrected chi connectivity index (χ0v) is 7.53. The summed E-state index contributed by atoms with van der Waals surface area (Å²) < 4.78 is 22.9. The van der Waals surface area contributed by atoms with E-state index in [1.165, 1.54) is 25.8 Å². The molecule has 3 nitrogen and oxygen atoms in total. The molecule has 0 aliphatic rings. The standard InChI is InChI=1S/C10H8FNO2/c1-13-10-3-2-7(4-8(10)11)9-5-14-6-12-9/h2-6H,1H3. The molecule has 0 bridgehead atoms. The first-order chi connectivity index (χ1) is 6.81. The topological polar surface area (TPSA) is 35.3 Å². The fraction of sp³-hybridized carbons (Fsp3) is 0.100. The van der Waals surface area contributed by atoms with Gasteiger partial charge in [0.1, 0.15) is 12.0 Å². The van der Waals surface area contributed by atoms with E-state index in [0.29, 0.717) is 11.3 Å². The Morgan fingerprint density at radius 2 is 2.29 bits per heavy atom. The molecule has 0 aliphatic carbocycles. The Labute approximate surface area is 80.1 Å². The highest BCUT2D eigenvalue weighted by Gasteiger charge is 2.06. The average Bonchev–Trinajstić information content (AvgIpc) is 2.70. The van der Waals surface area contributed by atoms with Gasteiger partial charge in [0.15, 0.2) is 18.0 Å². The Bertz CT molecular complexity index is 426. The van der Waals surface area contributed by atoms with Crippen LogP contribution in [-0.4, -0.2) is 12.1 Å². The van der Waals surface area contributed by atoms with Crippen LogP contribution in [0.15, 0.2) is 35.3 Å². The molecule has 0 N–H and O–H groups in total. The van der Waals surface area contributed by atoms with E-state index in [2.05, 4.69) is 4.98 Å². The number of nitrogens with zero attached hydrogens (tertiary/aromatic N) is 1. The van der Waals surface area contributed by atoms with Crippen LogP contribution in [0.3, 0.4) is 0 Å². The fourth-order valence-corrected chi connectivity index (χ4v) is 1.18. The number of aromatic nitrogens is 1. The first kappa shape index (κ1) is 8.74. The van der Waals surface area contributed by atoms with Gasteiger partial charge < -0.3 is 9.15 Å². The first-order valence-electron chi connectivity index (χ1n) is 4.03. The predicted octanol–water partition coefficient (Wildman–Crippen LogP) is 2.49. The van der Waals surface area contributed by atoms with Crippen molar-refractivity contribution in [2.24, 2.45) is 0 Å². The molecular weight excluding hydrogens is 185 g/mol. The monoisotopic (exact) mass is 193 g/mol. The smallest absolute Gasteiger partial charge is 0.181 e. The minimum atomic E-state index is -0.409. The third kappa shape index (κ3) is 1.46. The molecule has 0 radical (unpaired) electrons. The van der Waals surface area contributed by atoms with Crippen LogP contribution in [0.2, 0.25) is 0 Å². The lowest BCUT2D eigenvalue weighted by Gasteiger charge is -2.02. The maximum atomic E-state index is 13.3. The van der Waals surface area contributed by atoms with Crippen molar-refractivity contribution >= 4 is 0 Å². The van der Waals surface area contributed by atoms with Gasteiger partial charge in [0, 0.05) is 5.56 Å². The molecule has 1 aromatic heterocycles. The van der Waals surface area contributed by atoms with Crippen LogP contribution in [0, 0.1) is 5.82 Å². The second kappa shape index (κ2) is 3.49. The summed E-state index contributed by atoms with van der Waals surface area (Å²) in [6.45, 7) is 0. The van der Waals surface area contributed by atoms with Gasteiger partial charge in [0.25, 0.3) is 0 Å². The van der Waals surface area contributed by atoms with Gasteiger partial charge in [-0.3, -0.25) is 0 Å². The summed E-state index contributed by atoms with van der Waals surface area (Å²) in [6, 6.07) is 4.63. The summed E-state index contributed by atoms with van der Waals surface area (Å²) in [7, 11) is 1.42. The molecule has 0 saturated heterocycles. The summed E-state index contributed by atoms with van der Waals surface area (Å²) in [5, 5.41) is 0. The van der Waals surface area contributed by atoms with E-state index < -0.39 is 5.82 Å². The average molecular weight is 193 g/mol. The van der Waals surface area contributed by atoms with Crippen LogP contribution < -0.4 is 4.74 Å². The fourth-order valence-electron chi connectivity index (χ4n) is 1.18. The van der Waals surface area contributed by atoms with Crippen molar-refractivity contribution in [1.82, 2.24) is 4.98 Å². The number of hydrogen-bond acceptors (Lipinski definition) is 3. The van der Waals surface area contributed by atoms with E-state index >= 15 is 0 Å². The molecule has 2 rings (SSSR count). The Balaban J connectivity index is 2.43. The summed E-state index contributed by atoms with van der Waals surface area (Å²) in [4.78, 5) is 3.91. The van der Waals surface area contributed by atoms with E-state index in [4.69, 9.17) is 9.15 Å². The number of halogens is 1. The Kier molecular flexibility index (Phi) is 2.18. The van der Waals surface area contributed by atoms with Gasteiger partial charge in [-0.2, -0.15) is 0 Å². The van der Waals surface area contributed by atoms with Crippen LogP contribution >= 0.6 is 0 Å². The molecule has 72 valence electrons. The van der Waals surface area contributed by atoms with E-state index in [9.17, 15) is 4.39 Å². The molecule has 4 heteroatoms. The van der Waals surface area contributed by atoms with Gasteiger partial charge >= 0.3 is 0 Å². The van der Waals surface area contributed by atoms with Crippen LogP contribution in [0.4, 0.5) is 4.39 Å². The zero-order valence-electron chi connectivity index (χ0n) is 7.53. The number of oxazole rings is 1. The number of rotatable bonds is 2. The van der Waals surface area contributed by atoms with Gasteiger partial charge in [-0.15, -0.1) is 0 Å². The lowest BCUT2D eigenvalue weighted by Crippen LogP contribution is -1.88. The first-order valence-corrected chi connectivity index (χ1v) is 4.03. The van der Waals surface area contributed by atoms with E-state index in [-0.39, 0.29) is 5.75 Å². The normalized spacial score (nSPS) is 10.1. The van der Waals surface area contributed by atoms with Crippen molar-refractivity contribution in [1.29, 1.82) is 0 Å². The lowest BCUT2D eigenvalue weighted by atomic mass is 10.1. The molecule has 0 amide bonds. The highest BCUT2D eigenvalue weighted by Crippen LogP contribution is 2.23. The maximum Gasteiger partial charge on any atom is 0.181 e. The van der Waals surface area contributed by atoms with Gasteiger partial charge in [-0.1, -0.05) is 0 Å². The second-order valence-electron chi connectivity index (χ2n) is 2.72. The Morgan fingerprint density at radius 1 is 1.43 bits per heavy atom. The van der Waals surface area contributed by atoms with Crippen molar-refractivity contribution in [3.8, 4) is 17.0 Å². The third-order valence-corrected chi connectivity index (χ3v) is 1.88. The van der Waals surface area contributed by atoms with Crippen molar-refractivity contribution < 1.29 is 13.5 Å². The maximum absolute atomic E-state index is 13.3. The van der Waals surface area contributed by atoms with Crippen LogP contribution in [-0.2, 0) is 0 Å². The van der Waals surface area contributed by atoms with Crippen LogP contribution in [0.25, 0.3) is 11.3 Å². The van der Waals surface area contributed by atoms with Crippen LogP contribution in [0.1, 0.15) is 0 Å². The second-order valence-corrected chi connectivity index (χ2v) is 2.72.